The number of anilines is 1. The van der Waals surface area contributed by atoms with Crippen LogP contribution in [0, 0.1) is 13.7 Å². The van der Waals surface area contributed by atoms with Gasteiger partial charge in [-0.1, -0.05) is 0 Å². The Kier molecular flexibility index (Phi) is 4.29. The first-order chi connectivity index (χ1) is 8.87. The molecule has 1 aliphatic heterocycles. The van der Waals surface area contributed by atoms with E-state index in [1.807, 2.05) is 22.6 Å². The maximum absolute atomic E-state index is 11.5. The van der Waals surface area contributed by atoms with Crippen LogP contribution in [0.4, 0.5) is 11.4 Å². The van der Waals surface area contributed by atoms with E-state index in [0.717, 1.165) is 3.57 Å². The predicted molar refractivity (Wildman–Crippen MR) is 81.1 cm³/mol. The standard InChI is InChI=1S/C11H13IN2O4S/c12-8-3-4-10(11(6-8)14(15)16)13-9-2-1-5-19(17,18)7-9/h3-4,6,9,13H,1-2,5,7H2. The zero-order valence-corrected chi connectivity index (χ0v) is 13.0. The highest BCUT2D eigenvalue weighted by Gasteiger charge is 2.26. The van der Waals surface area contributed by atoms with Gasteiger partial charge in [-0.3, -0.25) is 10.1 Å². The van der Waals surface area contributed by atoms with Crippen molar-refractivity contribution in [3.8, 4) is 0 Å². The number of nitro groups is 1. The van der Waals surface area contributed by atoms with Gasteiger partial charge < -0.3 is 5.32 Å². The molecule has 1 atom stereocenters. The van der Waals surface area contributed by atoms with Gasteiger partial charge in [0.1, 0.15) is 5.69 Å². The lowest BCUT2D eigenvalue weighted by Gasteiger charge is -2.23. The van der Waals surface area contributed by atoms with E-state index in [9.17, 15) is 18.5 Å². The first-order valence-corrected chi connectivity index (χ1v) is 8.68. The number of nitro benzene ring substituents is 1. The molecule has 1 N–H and O–H groups in total. The van der Waals surface area contributed by atoms with Crippen molar-refractivity contribution < 1.29 is 13.3 Å². The van der Waals surface area contributed by atoms with Crippen LogP contribution in [0.1, 0.15) is 12.8 Å². The van der Waals surface area contributed by atoms with E-state index in [4.69, 9.17) is 0 Å². The van der Waals surface area contributed by atoms with Gasteiger partial charge >= 0.3 is 0 Å². The van der Waals surface area contributed by atoms with E-state index in [1.54, 1.807) is 12.1 Å². The van der Waals surface area contributed by atoms with Crippen LogP contribution in [0.25, 0.3) is 0 Å². The molecule has 8 heteroatoms. The molecular weight excluding hydrogens is 383 g/mol. The molecular formula is C11H13IN2O4S. The SMILES string of the molecule is O=[N+]([O-])c1cc(I)ccc1NC1CCCS(=O)(=O)C1. The number of benzene rings is 1. The monoisotopic (exact) mass is 396 g/mol. The Balaban J connectivity index is 2.21. The summed E-state index contributed by atoms with van der Waals surface area (Å²) < 4.78 is 23.9. The average molecular weight is 396 g/mol. The van der Waals surface area contributed by atoms with Crippen LogP contribution in [-0.2, 0) is 9.84 Å². The fraction of sp³-hybridized carbons (Fsp3) is 0.455. The fourth-order valence-electron chi connectivity index (χ4n) is 2.13. The highest BCUT2D eigenvalue weighted by atomic mass is 127. The van der Waals surface area contributed by atoms with Crippen molar-refractivity contribution >= 4 is 43.8 Å². The van der Waals surface area contributed by atoms with Crippen molar-refractivity contribution in [2.75, 3.05) is 16.8 Å². The second-order valence-corrected chi connectivity index (χ2v) is 7.99. The third-order valence-corrected chi connectivity index (χ3v) is 5.47. The molecule has 0 spiro atoms. The van der Waals surface area contributed by atoms with Gasteiger partial charge in [-0.2, -0.15) is 0 Å². The molecule has 0 saturated carbocycles. The Labute approximate surface area is 124 Å². The number of nitrogens with zero attached hydrogens (tertiary/aromatic N) is 1. The molecule has 0 aliphatic carbocycles. The van der Waals surface area contributed by atoms with Crippen molar-refractivity contribution in [2.24, 2.45) is 0 Å². The number of hydrogen-bond donors (Lipinski definition) is 1. The lowest BCUT2D eigenvalue weighted by Crippen LogP contribution is -2.34. The number of hydrogen-bond acceptors (Lipinski definition) is 5. The Morgan fingerprint density at radius 3 is 2.79 bits per heavy atom. The third kappa shape index (κ3) is 3.78. The summed E-state index contributed by atoms with van der Waals surface area (Å²) in [5.74, 6) is 0.246. The molecule has 1 aromatic carbocycles. The maximum Gasteiger partial charge on any atom is 0.293 e. The summed E-state index contributed by atoms with van der Waals surface area (Å²) in [6.07, 6.45) is 1.31. The highest BCUT2D eigenvalue weighted by molar-refractivity contribution is 14.1. The predicted octanol–water partition coefficient (Wildman–Crippen LogP) is 2.19. The lowest BCUT2D eigenvalue weighted by molar-refractivity contribution is -0.384. The van der Waals surface area contributed by atoms with Crippen LogP contribution < -0.4 is 5.32 Å². The van der Waals surface area contributed by atoms with Crippen molar-refractivity contribution in [2.45, 2.75) is 18.9 Å². The molecule has 6 nitrogen and oxygen atoms in total. The quantitative estimate of drug-likeness (QED) is 0.481. The molecule has 0 aromatic heterocycles. The van der Waals surface area contributed by atoms with Gasteiger partial charge in [0, 0.05) is 15.7 Å². The van der Waals surface area contributed by atoms with E-state index >= 15 is 0 Å². The van der Waals surface area contributed by atoms with E-state index in [-0.39, 0.29) is 23.2 Å². The van der Waals surface area contributed by atoms with Gasteiger partial charge in [-0.15, -0.1) is 0 Å². The minimum Gasteiger partial charge on any atom is -0.376 e. The van der Waals surface area contributed by atoms with Crippen molar-refractivity contribution in [3.05, 3.63) is 31.9 Å². The number of sulfone groups is 1. The van der Waals surface area contributed by atoms with Crippen LogP contribution in [0.2, 0.25) is 0 Å². The summed E-state index contributed by atoms with van der Waals surface area (Å²) in [6, 6.07) is 4.60. The van der Waals surface area contributed by atoms with Crippen LogP contribution in [-0.4, -0.2) is 30.9 Å². The molecule has 1 unspecified atom stereocenters. The Morgan fingerprint density at radius 2 is 2.16 bits per heavy atom. The van der Waals surface area contributed by atoms with Gasteiger partial charge in [-0.05, 0) is 47.6 Å². The molecule has 0 bridgehead atoms. The van der Waals surface area contributed by atoms with Crippen LogP contribution in [0.5, 0.6) is 0 Å². The molecule has 1 aliphatic rings. The molecule has 1 heterocycles. The molecule has 104 valence electrons. The Bertz CT molecular complexity index is 603. The van der Waals surface area contributed by atoms with Gasteiger partial charge in [-0.25, -0.2) is 8.42 Å². The van der Waals surface area contributed by atoms with E-state index in [1.165, 1.54) is 6.07 Å². The maximum atomic E-state index is 11.5. The van der Waals surface area contributed by atoms with Crippen molar-refractivity contribution in [1.29, 1.82) is 0 Å². The normalized spacial score (nSPS) is 21.8. The lowest BCUT2D eigenvalue weighted by atomic mass is 10.1. The molecule has 1 fully saturated rings. The zero-order valence-electron chi connectivity index (χ0n) is 10.0. The van der Waals surface area contributed by atoms with E-state index in [2.05, 4.69) is 5.32 Å². The van der Waals surface area contributed by atoms with Gasteiger partial charge in [0.15, 0.2) is 9.84 Å². The molecule has 0 radical (unpaired) electrons. The van der Waals surface area contributed by atoms with Crippen LogP contribution >= 0.6 is 22.6 Å². The summed E-state index contributed by atoms with van der Waals surface area (Å²) in [5, 5.41) is 14.0. The number of halogens is 1. The molecule has 1 saturated heterocycles. The summed E-state index contributed by atoms with van der Waals surface area (Å²) in [6.45, 7) is 0. The highest BCUT2D eigenvalue weighted by Crippen LogP contribution is 2.28. The Hall–Kier alpha value is -0.900. The minimum atomic E-state index is -3.03. The van der Waals surface area contributed by atoms with Crippen LogP contribution in [0.15, 0.2) is 18.2 Å². The molecule has 2 rings (SSSR count). The summed E-state index contributed by atoms with van der Waals surface area (Å²) in [5.41, 5.74) is 0.363. The van der Waals surface area contributed by atoms with E-state index in [0.29, 0.717) is 18.5 Å². The van der Waals surface area contributed by atoms with E-state index < -0.39 is 14.8 Å². The van der Waals surface area contributed by atoms with Gasteiger partial charge in [0.25, 0.3) is 5.69 Å². The first-order valence-electron chi connectivity index (χ1n) is 5.78. The van der Waals surface area contributed by atoms with Gasteiger partial charge in [0.2, 0.25) is 0 Å². The minimum absolute atomic E-state index is 0.0186. The van der Waals surface area contributed by atoms with Gasteiger partial charge in [0.05, 0.1) is 16.4 Å². The largest absolute Gasteiger partial charge is 0.376 e. The summed E-state index contributed by atoms with van der Waals surface area (Å²) >= 11 is 2.00. The molecule has 1 aromatic rings. The topological polar surface area (TPSA) is 89.3 Å². The second-order valence-electron chi connectivity index (χ2n) is 4.52. The molecule has 19 heavy (non-hydrogen) atoms. The molecule has 0 amide bonds. The van der Waals surface area contributed by atoms with Crippen molar-refractivity contribution in [1.82, 2.24) is 0 Å². The smallest absolute Gasteiger partial charge is 0.293 e. The number of nitrogens with one attached hydrogen (secondary N) is 1. The van der Waals surface area contributed by atoms with Crippen LogP contribution in [0.3, 0.4) is 0 Å². The summed E-state index contributed by atoms with van der Waals surface area (Å²) in [4.78, 5) is 10.5. The first kappa shape index (κ1) is 14.5. The Morgan fingerprint density at radius 1 is 1.42 bits per heavy atom. The second kappa shape index (κ2) is 5.61. The van der Waals surface area contributed by atoms with Crippen molar-refractivity contribution in [3.63, 3.8) is 0 Å². The third-order valence-electron chi connectivity index (χ3n) is 2.98. The average Bonchev–Trinajstić information content (AvgIpc) is 2.30. The number of rotatable bonds is 3. The summed E-state index contributed by atoms with van der Waals surface area (Å²) in [7, 11) is -3.03. The fourth-order valence-corrected chi connectivity index (χ4v) is 4.25. The zero-order chi connectivity index (χ0) is 14.0.